The van der Waals surface area contributed by atoms with Gasteiger partial charge in [-0.25, -0.2) is 13.4 Å². The zero-order chi connectivity index (χ0) is 26.5. The SMILES string of the molecule is CC(=O)c1ccc(-c2cc(C(F)(F)F)ccc2-c2cn(C)c3cc(S(=O)(=O)Nc4ncns4)ccc23)s1. The Kier molecular flexibility index (Phi) is 6.16. The van der Waals surface area contributed by atoms with Crippen molar-refractivity contribution in [2.75, 3.05) is 4.72 Å². The number of Topliss-reactive ketones (excluding diaryl/α,β-unsaturated/α-hetero) is 1. The lowest BCUT2D eigenvalue weighted by Gasteiger charge is -2.13. The second kappa shape index (κ2) is 9.08. The molecular weight excluding hydrogens is 545 g/mol. The van der Waals surface area contributed by atoms with Crippen LogP contribution in [0.5, 0.6) is 0 Å². The minimum atomic E-state index is -4.55. The van der Waals surface area contributed by atoms with Crippen molar-refractivity contribution in [1.82, 2.24) is 13.9 Å². The highest BCUT2D eigenvalue weighted by molar-refractivity contribution is 7.93. The summed E-state index contributed by atoms with van der Waals surface area (Å²) in [6, 6.07) is 11.3. The van der Waals surface area contributed by atoms with Gasteiger partial charge in [0.2, 0.25) is 5.13 Å². The van der Waals surface area contributed by atoms with E-state index in [1.807, 2.05) is 0 Å². The van der Waals surface area contributed by atoms with Gasteiger partial charge in [0.1, 0.15) is 6.33 Å². The van der Waals surface area contributed by atoms with Crippen LogP contribution in [-0.4, -0.2) is 28.1 Å². The molecule has 0 unspecified atom stereocenters. The smallest absolute Gasteiger partial charge is 0.350 e. The number of hydrogen-bond acceptors (Lipinski definition) is 7. The summed E-state index contributed by atoms with van der Waals surface area (Å²) in [6.45, 7) is 1.40. The lowest BCUT2D eigenvalue weighted by atomic mass is 9.96. The standard InChI is InChI=1S/C24H17F3N4O3S3/c1-13(32)21-7-8-22(35-21)18-9-14(24(25,26)27)3-5-16(18)19-11-31(2)20-10-15(4-6-17(19)20)37(33,34)30-23-28-12-29-36-23/h3-12H,1-2H3,(H,28,29,30). The molecule has 0 fully saturated rings. The number of carbonyl (C=O) groups excluding carboxylic acids is 1. The number of hydrogen-bond donors (Lipinski definition) is 1. The second-order valence-electron chi connectivity index (χ2n) is 8.16. The topological polar surface area (TPSA) is 94.0 Å². The first kappa shape index (κ1) is 25.1. The van der Waals surface area contributed by atoms with Crippen molar-refractivity contribution in [3.8, 4) is 21.6 Å². The van der Waals surface area contributed by atoms with Gasteiger partial charge in [0, 0.05) is 51.7 Å². The molecule has 0 saturated heterocycles. The summed E-state index contributed by atoms with van der Waals surface area (Å²) < 4.78 is 74.3. The molecule has 0 saturated carbocycles. The molecule has 0 spiro atoms. The summed E-state index contributed by atoms with van der Waals surface area (Å²) in [7, 11) is -2.21. The van der Waals surface area contributed by atoms with E-state index < -0.39 is 21.8 Å². The first-order valence-electron chi connectivity index (χ1n) is 10.7. The Morgan fingerprint density at radius 2 is 1.81 bits per heavy atom. The molecule has 1 N–H and O–H groups in total. The Labute approximate surface area is 217 Å². The van der Waals surface area contributed by atoms with Crippen LogP contribution in [0, 0.1) is 0 Å². The van der Waals surface area contributed by atoms with Crippen molar-refractivity contribution in [3.63, 3.8) is 0 Å². The van der Waals surface area contributed by atoms with Gasteiger partial charge in [0.25, 0.3) is 10.0 Å². The first-order chi connectivity index (χ1) is 17.4. The molecular formula is C24H17F3N4O3S3. The molecule has 13 heteroatoms. The number of ketones is 1. The van der Waals surface area contributed by atoms with Crippen molar-refractivity contribution in [2.45, 2.75) is 18.0 Å². The number of aromatic nitrogens is 3. The number of nitrogens with zero attached hydrogens (tertiary/aromatic N) is 3. The Morgan fingerprint density at radius 3 is 2.46 bits per heavy atom. The molecule has 0 bridgehead atoms. The average Bonchev–Trinajstić information content (AvgIpc) is 3.59. The van der Waals surface area contributed by atoms with E-state index in [0.717, 1.165) is 35.0 Å². The molecule has 5 rings (SSSR count). The minimum absolute atomic E-state index is 0.0000467. The van der Waals surface area contributed by atoms with Gasteiger partial charge in [-0.15, -0.1) is 11.3 Å². The molecule has 7 nitrogen and oxygen atoms in total. The predicted octanol–water partition coefficient (Wildman–Crippen LogP) is 6.45. The number of anilines is 1. The van der Waals surface area contributed by atoms with Gasteiger partial charge < -0.3 is 4.57 Å². The zero-order valence-electron chi connectivity index (χ0n) is 19.2. The molecule has 3 aromatic heterocycles. The van der Waals surface area contributed by atoms with Crippen LogP contribution in [0.25, 0.3) is 32.5 Å². The molecule has 0 radical (unpaired) electrons. The minimum Gasteiger partial charge on any atom is -0.350 e. The van der Waals surface area contributed by atoms with E-state index >= 15 is 0 Å². The second-order valence-corrected chi connectivity index (χ2v) is 11.7. The first-order valence-corrected chi connectivity index (χ1v) is 13.7. The molecule has 3 heterocycles. The van der Waals surface area contributed by atoms with Crippen molar-refractivity contribution in [2.24, 2.45) is 7.05 Å². The molecule has 37 heavy (non-hydrogen) atoms. The summed E-state index contributed by atoms with van der Waals surface area (Å²) in [5.41, 5.74) is 1.24. The maximum atomic E-state index is 13.6. The fourth-order valence-corrected chi connectivity index (χ4v) is 6.58. The number of halogens is 3. The van der Waals surface area contributed by atoms with Gasteiger partial charge in [0.05, 0.1) is 15.3 Å². The maximum absolute atomic E-state index is 13.6. The summed E-state index contributed by atoms with van der Waals surface area (Å²) in [6.07, 6.45) is -1.56. The summed E-state index contributed by atoms with van der Waals surface area (Å²) in [5.74, 6) is -0.175. The Balaban J connectivity index is 1.66. The lowest BCUT2D eigenvalue weighted by Crippen LogP contribution is -2.12. The summed E-state index contributed by atoms with van der Waals surface area (Å²) in [5, 5.41) is 0.782. The number of carbonyl (C=O) groups is 1. The molecule has 5 aromatic rings. The summed E-state index contributed by atoms with van der Waals surface area (Å²) in [4.78, 5) is 16.6. The third-order valence-electron chi connectivity index (χ3n) is 5.71. The van der Waals surface area contributed by atoms with Gasteiger partial charge in [-0.2, -0.15) is 17.5 Å². The van der Waals surface area contributed by atoms with E-state index in [0.29, 0.717) is 37.3 Å². The normalized spacial score (nSPS) is 12.2. The third kappa shape index (κ3) is 4.77. The van der Waals surface area contributed by atoms with Crippen molar-refractivity contribution < 1.29 is 26.4 Å². The van der Waals surface area contributed by atoms with Crippen LogP contribution in [0.3, 0.4) is 0 Å². The predicted molar refractivity (Wildman–Crippen MR) is 137 cm³/mol. The Morgan fingerprint density at radius 1 is 1.03 bits per heavy atom. The number of nitrogens with one attached hydrogen (secondary N) is 1. The third-order valence-corrected chi connectivity index (χ3v) is 8.98. The summed E-state index contributed by atoms with van der Waals surface area (Å²) >= 11 is 2.02. The number of fused-ring (bicyclic) bond motifs is 1. The highest BCUT2D eigenvalue weighted by atomic mass is 32.2. The fourth-order valence-electron chi connectivity index (χ4n) is 3.97. The van der Waals surface area contributed by atoms with E-state index in [-0.39, 0.29) is 15.8 Å². The van der Waals surface area contributed by atoms with Crippen LogP contribution in [-0.2, 0) is 23.2 Å². The molecule has 0 atom stereocenters. The number of aryl methyl sites for hydroxylation is 1. The molecule has 0 aliphatic carbocycles. The number of benzene rings is 2. The van der Waals surface area contributed by atoms with Crippen LogP contribution in [0.15, 0.2) is 66.0 Å². The highest BCUT2D eigenvalue weighted by Gasteiger charge is 2.32. The van der Waals surface area contributed by atoms with E-state index in [2.05, 4.69) is 14.1 Å². The lowest BCUT2D eigenvalue weighted by molar-refractivity contribution is -0.137. The van der Waals surface area contributed by atoms with Crippen LogP contribution in [0.4, 0.5) is 18.3 Å². The van der Waals surface area contributed by atoms with Gasteiger partial charge in [-0.3, -0.25) is 9.52 Å². The van der Waals surface area contributed by atoms with E-state index in [4.69, 9.17) is 0 Å². The van der Waals surface area contributed by atoms with E-state index in [9.17, 15) is 26.4 Å². The van der Waals surface area contributed by atoms with Crippen LogP contribution < -0.4 is 4.72 Å². The maximum Gasteiger partial charge on any atom is 0.416 e. The quantitative estimate of drug-likeness (QED) is 0.240. The Bertz CT molecular complexity index is 1750. The fraction of sp³-hybridized carbons (Fsp3) is 0.125. The van der Waals surface area contributed by atoms with E-state index in [1.165, 1.54) is 31.5 Å². The Hall–Kier alpha value is -3.55. The van der Waals surface area contributed by atoms with Crippen molar-refractivity contribution in [3.05, 3.63) is 71.5 Å². The molecule has 0 amide bonds. The van der Waals surface area contributed by atoms with Crippen molar-refractivity contribution >= 4 is 54.7 Å². The number of rotatable bonds is 6. The van der Waals surface area contributed by atoms with Gasteiger partial charge >= 0.3 is 6.18 Å². The van der Waals surface area contributed by atoms with Crippen LogP contribution in [0.2, 0.25) is 0 Å². The van der Waals surface area contributed by atoms with E-state index in [1.54, 1.807) is 36.0 Å². The number of alkyl halides is 3. The monoisotopic (exact) mass is 562 g/mol. The van der Waals surface area contributed by atoms with Gasteiger partial charge in [-0.05, 0) is 48.9 Å². The zero-order valence-corrected chi connectivity index (χ0v) is 21.6. The number of thiophene rings is 1. The average molecular weight is 563 g/mol. The molecule has 2 aromatic carbocycles. The van der Waals surface area contributed by atoms with Crippen LogP contribution >= 0.6 is 22.9 Å². The largest absolute Gasteiger partial charge is 0.416 e. The molecule has 0 aliphatic rings. The number of sulfonamides is 1. The highest BCUT2D eigenvalue weighted by Crippen LogP contribution is 2.43. The van der Waals surface area contributed by atoms with Crippen molar-refractivity contribution in [1.29, 1.82) is 0 Å². The van der Waals surface area contributed by atoms with Crippen LogP contribution in [0.1, 0.15) is 22.2 Å². The molecule has 0 aliphatic heterocycles. The van der Waals surface area contributed by atoms with Gasteiger partial charge in [-0.1, -0.05) is 12.1 Å². The molecule has 190 valence electrons. The van der Waals surface area contributed by atoms with Gasteiger partial charge in [0.15, 0.2) is 5.78 Å².